The average molecular weight is 319 g/mol. The van der Waals surface area contributed by atoms with E-state index in [1.165, 1.54) is 11.0 Å². The topological polar surface area (TPSA) is 61.4 Å². The molecule has 0 unspecified atom stereocenters. The largest absolute Gasteiger partial charge is 0.326 e. The molecule has 1 aromatic rings. The van der Waals surface area contributed by atoms with E-state index in [0.29, 0.717) is 36.7 Å². The van der Waals surface area contributed by atoms with Crippen LogP contribution >= 0.6 is 0 Å². The molecule has 0 aliphatic carbocycles. The van der Waals surface area contributed by atoms with Gasteiger partial charge in [0, 0.05) is 24.3 Å². The maximum absolute atomic E-state index is 13.2. The molecule has 6 heteroatoms. The highest BCUT2D eigenvalue weighted by atomic mass is 19.1. The first-order chi connectivity index (χ1) is 10.9. The van der Waals surface area contributed by atoms with Gasteiger partial charge in [-0.15, -0.1) is 0 Å². The quantitative estimate of drug-likeness (QED) is 0.887. The van der Waals surface area contributed by atoms with Gasteiger partial charge in [-0.25, -0.2) is 9.18 Å². The van der Waals surface area contributed by atoms with Gasteiger partial charge < -0.3 is 15.5 Å². The van der Waals surface area contributed by atoms with Crippen LogP contribution in [0.15, 0.2) is 36.2 Å². The number of anilines is 2. The third-order valence-electron chi connectivity index (χ3n) is 3.41. The van der Waals surface area contributed by atoms with E-state index in [-0.39, 0.29) is 24.3 Å². The van der Waals surface area contributed by atoms with Gasteiger partial charge in [0.2, 0.25) is 5.91 Å². The molecule has 3 amide bonds. The van der Waals surface area contributed by atoms with Crippen LogP contribution in [0.1, 0.15) is 26.7 Å². The number of halogens is 1. The molecule has 23 heavy (non-hydrogen) atoms. The molecule has 0 saturated carbocycles. The molecule has 1 aromatic carbocycles. The Kier molecular flexibility index (Phi) is 5.73. The van der Waals surface area contributed by atoms with Crippen LogP contribution in [-0.4, -0.2) is 29.9 Å². The number of hydrogen-bond donors (Lipinski definition) is 2. The van der Waals surface area contributed by atoms with Crippen LogP contribution < -0.4 is 10.6 Å². The minimum absolute atomic E-state index is 0.00910. The van der Waals surface area contributed by atoms with Crippen molar-refractivity contribution in [1.82, 2.24) is 4.90 Å². The van der Waals surface area contributed by atoms with Gasteiger partial charge in [-0.2, -0.15) is 0 Å². The SMILES string of the molecule is CC(C)CC(=O)Nc1ccc(NC(=O)N2CCC=C(F)C2)cc1. The Bertz CT molecular complexity index is 596. The van der Waals surface area contributed by atoms with Gasteiger partial charge in [-0.1, -0.05) is 13.8 Å². The normalized spacial score (nSPS) is 14.4. The summed E-state index contributed by atoms with van der Waals surface area (Å²) in [5, 5.41) is 5.53. The van der Waals surface area contributed by atoms with Crippen molar-refractivity contribution in [3.8, 4) is 0 Å². The molecule has 0 spiro atoms. The minimum Gasteiger partial charge on any atom is -0.326 e. The highest BCUT2D eigenvalue weighted by Crippen LogP contribution is 2.16. The van der Waals surface area contributed by atoms with Crippen LogP contribution in [0.5, 0.6) is 0 Å². The minimum atomic E-state index is -0.329. The number of urea groups is 1. The highest BCUT2D eigenvalue weighted by molar-refractivity contribution is 5.92. The molecule has 1 aliphatic heterocycles. The first kappa shape index (κ1) is 17.0. The zero-order valence-corrected chi connectivity index (χ0v) is 13.4. The van der Waals surface area contributed by atoms with E-state index in [4.69, 9.17) is 0 Å². The van der Waals surface area contributed by atoms with Gasteiger partial charge in [-0.3, -0.25) is 4.79 Å². The lowest BCUT2D eigenvalue weighted by Crippen LogP contribution is -2.38. The van der Waals surface area contributed by atoms with Crippen LogP contribution in [0.25, 0.3) is 0 Å². The number of carbonyl (C=O) groups excluding carboxylic acids is 2. The number of hydrogen-bond acceptors (Lipinski definition) is 2. The molecular formula is C17H22FN3O2. The molecule has 0 saturated heterocycles. The molecule has 2 N–H and O–H groups in total. The van der Waals surface area contributed by atoms with Crippen LogP contribution in [0.2, 0.25) is 0 Å². The molecular weight excluding hydrogens is 297 g/mol. The summed E-state index contributed by atoms with van der Waals surface area (Å²) in [7, 11) is 0. The first-order valence-electron chi connectivity index (χ1n) is 7.74. The third-order valence-corrected chi connectivity index (χ3v) is 3.41. The Hall–Kier alpha value is -2.37. The lowest BCUT2D eigenvalue weighted by molar-refractivity contribution is -0.116. The molecule has 124 valence electrons. The molecule has 1 aliphatic rings. The van der Waals surface area contributed by atoms with Gasteiger partial charge in [0.1, 0.15) is 5.83 Å². The van der Waals surface area contributed by atoms with Gasteiger partial charge in [0.25, 0.3) is 0 Å². The first-order valence-corrected chi connectivity index (χ1v) is 7.74. The van der Waals surface area contributed by atoms with E-state index in [1.807, 2.05) is 13.8 Å². The van der Waals surface area contributed by atoms with Crippen molar-refractivity contribution in [1.29, 1.82) is 0 Å². The maximum Gasteiger partial charge on any atom is 0.322 e. The van der Waals surface area contributed by atoms with Crippen molar-refractivity contribution >= 4 is 23.3 Å². The second-order valence-corrected chi connectivity index (χ2v) is 6.01. The fourth-order valence-electron chi connectivity index (χ4n) is 2.30. The van der Waals surface area contributed by atoms with E-state index in [1.54, 1.807) is 24.3 Å². The summed E-state index contributed by atoms with van der Waals surface area (Å²) in [5.74, 6) is -0.0190. The maximum atomic E-state index is 13.2. The monoisotopic (exact) mass is 319 g/mol. The Balaban J connectivity index is 1.88. The summed E-state index contributed by atoms with van der Waals surface area (Å²) in [6.45, 7) is 4.48. The summed E-state index contributed by atoms with van der Waals surface area (Å²) in [6.07, 6.45) is 2.49. The van der Waals surface area contributed by atoms with Crippen LogP contribution in [0.3, 0.4) is 0 Å². The summed E-state index contributed by atoms with van der Waals surface area (Å²) in [5.41, 5.74) is 1.28. The summed E-state index contributed by atoms with van der Waals surface area (Å²) in [6, 6.07) is 6.54. The zero-order valence-electron chi connectivity index (χ0n) is 13.4. The van der Waals surface area contributed by atoms with E-state index >= 15 is 0 Å². The zero-order chi connectivity index (χ0) is 16.8. The fraction of sp³-hybridized carbons (Fsp3) is 0.412. The van der Waals surface area contributed by atoms with Crippen molar-refractivity contribution < 1.29 is 14.0 Å². The molecule has 1 heterocycles. The second-order valence-electron chi connectivity index (χ2n) is 6.01. The molecule has 5 nitrogen and oxygen atoms in total. The second kappa shape index (κ2) is 7.76. The van der Waals surface area contributed by atoms with Gasteiger partial charge in [0.15, 0.2) is 0 Å². The number of benzene rings is 1. The van der Waals surface area contributed by atoms with E-state index in [9.17, 15) is 14.0 Å². The Morgan fingerprint density at radius 3 is 2.35 bits per heavy atom. The summed E-state index contributed by atoms with van der Waals surface area (Å²) in [4.78, 5) is 25.2. The number of nitrogens with zero attached hydrogens (tertiary/aromatic N) is 1. The summed E-state index contributed by atoms with van der Waals surface area (Å²) < 4.78 is 13.2. The number of amides is 3. The molecule has 0 fully saturated rings. The highest BCUT2D eigenvalue weighted by Gasteiger charge is 2.18. The third kappa shape index (κ3) is 5.39. The number of carbonyl (C=O) groups is 2. The molecule has 0 radical (unpaired) electrons. The predicted molar refractivity (Wildman–Crippen MR) is 88.9 cm³/mol. The van der Waals surface area contributed by atoms with Crippen LogP contribution in [0, 0.1) is 5.92 Å². The van der Waals surface area contributed by atoms with Crippen LogP contribution in [0.4, 0.5) is 20.6 Å². The van der Waals surface area contributed by atoms with E-state index in [2.05, 4.69) is 10.6 Å². The van der Waals surface area contributed by atoms with Gasteiger partial charge in [0.05, 0.1) is 6.54 Å². The van der Waals surface area contributed by atoms with E-state index < -0.39 is 0 Å². The van der Waals surface area contributed by atoms with Crippen molar-refractivity contribution in [2.24, 2.45) is 5.92 Å². The Labute approximate surface area is 135 Å². The molecule has 0 bridgehead atoms. The molecule has 0 atom stereocenters. The smallest absolute Gasteiger partial charge is 0.322 e. The molecule has 2 rings (SSSR count). The van der Waals surface area contributed by atoms with Crippen LogP contribution in [-0.2, 0) is 4.79 Å². The summed E-state index contributed by atoms with van der Waals surface area (Å²) >= 11 is 0. The fourth-order valence-corrected chi connectivity index (χ4v) is 2.30. The number of rotatable bonds is 4. The predicted octanol–water partition coefficient (Wildman–Crippen LogP) is 3.76. The lowest BCUT2D eigenvalue weighted by atomic mass is 10.1. The Morgan fingerprint density at radius 1 is 1.17 bits per heavy atom. The van der Waals surface area contributed by atoms with E-state index in [0.717, 1.165) is 0 Å². The lowest BCUT2D eigenvalue weighted by Gasteiger charge is -2.24. The van der Waals surface area contributed by atoms with Crippen molar-refractivity contribution in [3.05, 3.63) is 36.2 Å². The van der Waals surface area contributed by atoms with Gasteiger partial charge >= 0.3 is 6.03 Å². The van der Waals surface area contributed by atoms with Crippen molar-refractivity contribution in [3.63, 3.8) is 0 Å². The van der Waals surface area contributed by atoms with Crippen molar-refractivity contribution in [2.45, 2.75) is 26.7 Å². The van der Waals surface area contributed by atoms with Gasteiger partial charge in [-0.05, 0) is 42.7 Å². The number of nitrogens with one attached hydrogen (secondary N) is 2. The average Bonchev–Trinajstić information content (AvgIpc) is 2.48. The standard InChI is InChI=1S/C17H22FN3O2/c1-12(2)10-16(22)19-14-5-7-15(8-6-14)20-17(23)21-9-3-4-13(18)11-21/h4-8,12H,3,9-11H2,1-2H3,(H,19,22)(H,20,23). The molecule has 0 aromatic heterocycles. The Morgan fingerprint density at radius 2 is 1.78 bits per heavy atom. The van der Waals surface area contributed by atoms with Crippen molar-refractivity contribution in [2.75, 3.05) is 23.7 Å².